The maximum atomic E-state index is 9.78. The summed E-state index contributed by atoms with van der Waals surface area (Å²) in [6.07, 6.45) is -4.02. The molecule has 5 atom stereocenters. The fraction of sp³-hybridized carbons (Fsp3) is 0.909. The molecule has 0 aromatic heterocycles. The molecule has 0 spiro atoms. The normalized spacial score (nSPS) is 34.9. The van der Waals surface area contributed by atoms with Gasteiger partial charge in [-0.3, -0.25) is 0 Å². The molecule has 0 amide bonds. The predicted molar refractivity (Wildman–Crippen MR) is 72.4 cm³/mol. The van der Waals surface area contributed by atoms with E-state index in [1.807, 2.05) is 0 Å². The summed E-state index contributed by atoms with van der Waals surface area (Å²) in [4.78, 5) is 0. The largest absolute Gasteiger partial charge is 0.394 e. The molecule has 0 bridgehead atoms. The van der Waals surface area contributed by atoms with E-state index in [9.17, 15) is 15.3 Å². The van der Waals surface area contributed by atoms with Crippen molar-refractivity contribution in [3.63, 3.8) is 0 Å². The first-order valence-corrected chi connectivity index (χ1v) is 6.77. The molecule has 1 fully saturated rings. The highest BCUT2D eigenvalue weighted by molar-refractivity contribution is 7.80. The van der Waals surface area contributed by atoms with Crippen LogP contribution in [0.2, 0.25) is 0 Å². The lowest BCUT2D eigenvalue weighted by Gasteiger charge is -2.40. The maximum absolute atomic E-state index is 9.78. The van der Waals surface area contributed by atoms with Gasteiger partial charge >= 0.3 is 0 Å². The third-order valence-electron chi connectivity index (χ3n) is 2.98. The summed E-state index contributed by atoms with van der Waals surface area (Å²) in [5, 5.41) is 44.0. The molecule has 1 heterocycles. The Hall–Kier alpha value is -0.510. The van der Waals surface area contributed by atoms with Gasteiger partial charge in [0.05, 0.1) is 6.61 Å². The molecule has 8 heteroatoms. The second kappa shape index (κ2) is 7.93. The highest BCUT2D eigenvalue weighted by Crippen LogP contribution is 2.19. The van der Waals surface area contributed by atoms with Crippen molar-refractivity contribution in [2.24, 2.45) is 0 Å². The van der Waals surface area contributed by atoms with Crippen molar-refractivity contribution in [3.8, 4) is 0 Å². The highest BCUT2D eigenvalue weighted by atomic mass is 32.1. The van der Waals surface area contributed by atoms with Gasteiger partial charge in [-0.15, -0.1) is 0 Å². The summed E-state index contributed by atoms with van der Waals surface area (Å²) < 4.78 is 5.26. The highest BCUT2D eigenvalue weighted by Gasteiger charge is 2.43. The number of rotatable bonds is 5. The summed E-state index contributed by atoms with van der Waals surface area (Å²) in [6.45, 7) is 2.29. The lowest BCUT2D eigenvalue weighted by Crippen LogP contribution is -2.64. The van der Waals surface area contributed by atoms with Crippen LogP contribution in [0, 0.1) is 0 Å². The van der Waals surface area contributed by atoms with Crippen LogP contribution in [0.5, 0.6) is 0 Å². The van der Waals surface area contributed by atoms with Crippen LogP contribution in [0.25, 0.3) is 0 Å². The minimum absolute atomic E-state index is 0.290. The van der Waals surface area contributed by atoms with Crippen LogP contribution in [-0.4, -0.2) is 69.3 Å². The van der Waals surface area contributed by atoms with Gasteiger partial charge < -0.3 is 35.8 Å². The van der Waals surface area contributed by atoms with Crippen LogP contribution in [-0.2, 0) is 4.74 Å². The predicted octanol–water partition coefficient (Wildman–Crippen LogP) is -1.95. The van der Waals surface area contributed by atoms with Gasteiger partial charge in [-0.25, -0.2) is 0 Å². The minimum Gasteiger partial charge on any atom is -0.394 e. The van der Waals surface area contributed by atoms with Gasteiger partial charge in [0.25, 0.3) is 0 Å². The average Bonchev–Trinajstić information content (AvgIpc) is 2.39. The van der Waals surface area contributed by atoms with Crippen LogP contribution < -0.4 is 10.6 Å². The fourth-order valence-corrected chi connectivity index (χ4v) is 2.00. The molecule has 0 aromatic carbocycles. The molecule has 7 nitrogen and oxygen atoms in total. The van der Waals surface area contributed by atoms with Crippen molar-refractivity contribution in [2.75, 3.05) is 13.2 Å². The fourth-order valence-electron chi connectivity index (χ4n) is 1.78. The first-order valence-electron chi connectivity index (χ1n) is 6.36. The zero-order chi connectivity index (χ0) is 14.4. The van der Waals surface area contributed by atoms with E-state index in [1.165, 1.54) is 0 Å². The Morgan fingerprint density at radius 3 is 2.47 bits per heavy atom. The maximum Gasteiger partial charge on any atom is 0.168 e. The zero-order valence-electron chi connectivity index (χ0n) is 10.8. The van der Waals surface area contributed by atoms with Crippen molar-refractivity contribution in [2.45, 2.75) is 50.4 Å². The SMILES string of the molecule is CCCCNC(=S)N[C@@H]1O[C@H](CO)[C@@H](O)[C@H](O)[C@H]1O. The molecular formula is C11H22N2O5S. The summed E-state index contributed by atoms with van der Waals surface area (Å²) in [5.41, 5.74) is 0. The number of hydrogen-bond donors (Lipinski definition) is 6. The van der Waals surface area contributed by atoms with Gasteiger partial charge in [-0.1, -0.05) is 13.3 Å². The molecule has 0 aliphatic carbocycles. The summed E-state index contributed by atoms with van der Waals surface area (Å²) in [7, 11) is 0. The van der Waals surface area contributed by atoms with Crippen LogP contribution in [0.15, 0.2) is 0 Å². The van der Waals surface area contributed by atoms with Crippen LogP contribution in [0.3, 0.4) is 0 Å². The van der Waals surface area contributed by atoms with Crippen molar-refractivity contribution < 1.29 is 25.2 Å². The van der Waals surface area contributed by atoms with E-state index in [1.54, 1.807) is 0 Å². The van der Waals surface area contributed by atoms with Gasteiger partial charge in [0.2, 0.25) is 0 Å². The van der Waals surface area contributed by atoms with Crippen LogP contribution in [0.1, 0.15) is 19.8 Å². The number of thiocarbonyl (C=S) groups is 1. The molecule has 0 unspecified atom stereocenters. The monoisotopic (exact) mass is 294 g/mol. The van der Waals surface area contributed by atoms with Crippen LogP contribution >= 0.6 is 12.2 Å². The molecule has 19 heavy (non-hydrogen) atoms. The molecule has 1 aliphatic heterocycles. The summed E-state index contributed by atoms with van der Waals surface area (Å²) >= 11 is 5.02. The lowest BCUT2D eigenvalue weighted by atomic mass is 9.98. The Labute approximate surface area is 117 Å². The van der Waals surface area contributed by atoms with E-state index in [2.05, 4.69) is 17.6 Å². The average molecular weight is 294 g/mol. The Bertz CT molecular complexity index is 292. The molecule has 6 N–H and O–H groups in total. The first kappa shape index (κ1) is 16.5. The Morgan fingerprint density at radius 1 is 1.21 bits per heavy atom. The third-order valence-corrected chi connectivity index (χ3v) is 3.24. The van der Waals surface area contributed by atoms with Gasteiger partial charge in [-0.2, -0.15) is 0 Å². The zero-order valence-corrected chi connectivity index (χ0v) is 11.6. The first-order chi connectivity index (χ1) is 9.01. The van der Waals surface area contributed by atoms with Gasteiger partial charge in [0.1, 0.15) is 24.4 Å². The number of hydrogen-bond acceptors (Lipinski definition) is 6. The second-order valence-electron chi connectivity index (χ2n) is 4.50. The van der Waals surface area contributed by atoms with Crippen LogP contribution in [0.4, 0.5) is 0 Å². The molecule has 1 saturated heterocycles. The topological polar surface area (TPSA) is 114 Å². The summed E-state index contributed by atoms with van der Waals surface area (Å²) in [6, 6.07) is 0. The van der Waals surface area contributed by atoms with Crippen molar-refractivity contribution in [1.82, 2.24) is 10.6 Å². The molecular weight excluding hydrogens is 272 g/mol. The Morgan fingerprint density at radius 2 is 1.89 bits per heavy atom. The quantitative estimate of drug-likeness (QED) is 0.256. The van der Waals surface area contributed by atoms with Gasteiger partial charge in [-0.05, 0) is 18.6 Å². The van der Waals surface area contributed by atoms with Crippen molar-refractivity contribution in [1.29, 1.82) is 0 Å². The van der Waals surface area contributed by atoms with E-state index in [-0.39, 0.29) is 5.11 Å². The van der Waals surface area contributed by atoms with Crippen molar-refractivity contribution >= 4 is 17.3 Å². The number of unbranched alkanes of at least 4 members (excludes halogenated alkanes) is 1. The molecule has 1 aliphatic rings. The molecule has 1 rings (SSSR count). The van der Waals surface area contributed by atoms with E-state index in [4.69, 9.17) is 22.1 Å². The van der Waals surface area contributed by atoms with E-state index in [0.29, 0.717) is 6.54 Å². The van der Waals surface area contributed by atoms with Crippen molar-refractivity contribution in [3.05, 3.63) is 0 Å². The number of aliphatic hydroxyl groups excluding tert-OH is 4. The minimum atomic E-state index is -1.40. The number of nitrogens with one attached hydrogen (secondary N) is 2. The van der Waals surface area contributed by atoms with Gasteiger partial charge in [0, 0.05) is 6.54 Å². The standard InChI is InChI=1S/C11H22N2O5S/c1-2-3-4-12-11(19)13-10-9(17)8(16)7(15)6(5-14)18-10/h6-10,14-17H,2-5H2,1H3,(H2,12,13,19)/t6-,7-,8+,9-,10-/m1/s1. The second-order valence-corrected chi connectivity index (χ2v) is 4.91. The summed E-state index contributed by atoms with van der Waals surface area (Å²) in [5.74, 6) is 0. The van der Waals surface area contributed by atoms with E-state index >= 15 is 0 Å². The molecule has 0 radical (unpaired) electrons. The molecule has 112 valence electrons. The number of aliphatic hydroxyl groups is 4. The van der Waals surface area contributed by atoms with Gasteiger partial charge in [0.15, 0.2) is 11.3 Å². The van der Waals surface area contributed by atoms with E-state index < -0.39 is 37.3 Å². The van der Waals surface area contributed by atoms with E-state index in [0.717, 1.165) is 12.8 Å². The molecule has 0 aromatic rings. The Balaban J connectivity index is 2.49. The third kappa shape index (κ3) is 4.51. The lowest BCUT2D eigenvalue weighted by molar-refractivity contribution is -0.232. The smallest absolute Gasteiger partial charge is 0.168 e. The molecule has 0 saturated carbocycles. The Kier molecular flexibility index (Phi) is 6.90. The number of ether oxygens (including phenoxy) is 1.